The highest BCUT2D eigenvalue weighted by molar-refractivity contribution is 5.94. The predicted octanol–water partition coefficient (Wildman–Crippen LogP) is 3.70. The zero-order valence-electron chi connectivity index (χ0n) is 16.0. The van der Waals surface area contributed by atoms with Crippen LogP contribution in [0, 0.1) is 6.92 Å². The zero-order valence-corrected chi connectivity index (χ0v) is 16.0. The molecule has 1 amide bonds. The second kappa shape index (κ2) is 9.42. The highest BCUT2D eigenvalue weighted by Crippen LogP contribution is 2.18. The third-order valence-corrected chi connectivity index (χ3v) is 4.69. The summed E-state index contributed by atoms with van der Waals surface area (Å²) in [5.41, 5.74) is 1.72. The van der Waals surface area contributed by atoms with E-state index >= 15 is 0 Å². The first-order valence-corrected chi connectivity index (χ1v) is 9.42. The predicted molar refractivity (Wildman–Crippen MR) is 105 cm³/mol. The molecular weight excluding hydrogens is 342 g/mol. The number of hydrogen-bond donors (Lipinski definition) is 0. The maximum Gasteiger partial charge on any atom is 0.253 e. The molecule has 5 nitrogen and oxygen atoms in total. The van der Waals surface area contributed by atoms with Crippen LogP contribution in [0.3, 0.4) is 0 Å². The number of hydrogen-bond acceptors (Lipinski definition) is 4. The molecule has 0 aromatic heterocycles. The molecule has 1 heterocycles. The molecule has 0 spiro atoms. The Hall–Kier alpha value is -2.53. The van der Waals surface area contributed by atoms with Gasteiger partial charge >= 0.3 is 0 Å². The minimum Gasteiger partial charge on any atom is -0.491 e. The van der Waals surface area contributed by atoms with E-state index in [9.17, 15) is 4.79 Å². The molecule has 5 heteroatoms. The van der Waals surface area contributed by atoms with Gasteiger partial charge in [-0.3, -0.25) is 4.79 Å². The molecule has 2 aromatic rings. The normalized spacial score (nSPS) is 16.1. The van der Waals surface area contributed by atoms with Gasteiger partial charge in [-0.25, -0.2) is 0 Å². The van der Waals surface area contributed by atoms with Crippen molar-refractivity contribution in [3.63, 3.8) is 0 Å². The maximum absolute atomic E-state index is 12.5. The van der Waals surface area contributed by atoms with Gasteiger partial charge in [0.2, 0.25) is 0 Å². The Morgan fingerprint density at radius 2 is 1.93 bits per heavy atom. The number of amides is 1. The third kappa shape index (κ3) is 5.47. The summed E-state index contributed by atoms with van der Waals surface area (Å²) in [5.74, 6) is 1.58. The van der Waals surface area contributed by atoms with E-state index in [4.69, 9.17) is 14.2 Å². The van der Waals surface area contributed by atoms with E-state index in [1.165, 1.54) is 0 Å². The molecule has 1 saturated heterocycles. The number of rotatable bonds is 8. The Kier molecular flexibility index (Phi) is 6.71. The van der Waals surface area contributed by atoms with E-state index in [2.05, 4.69) is 0 Å². The summed E-state index contributed by atoms with van der Waals surface area (Å²) in [6.07, 6.45) is 2.33. The molecule has 1 aliphatic rings. The largest absolute Gasteiger partial charge is 0.491 e. The molecule has 2 aromatic carbocycles. The van der Waals surface area contributed by atoms with Crippen molar-refractivity contribution < 1.29 is 19.0 Å². The molecule has 0 aliphatic carbocycles. The van der Waals surface area contributed by atoms with Gasteiger partial charge in [-0.15, -0.1) is 0 Å². The number of ether oxygens (including phenoxy) is 3. The van der Waals surface area contributed by atoms with Crippen molar-refractivity contribution in [3.05, 3.63) is 59.7 Å². The van der Waals surface area contributed by atoms with Crippen molar-refractivity contribution in [2.45, 2.75) is 25.9 Å². The summed E-state index contributed by atoms with van der Waals surface area (Å²) in [6.45, 7) is 4.36. The van der Waals surface area contributed by atoms with E-state index < -0.39 is 0 Å². The summed E-state index contributed by atoms with van der Waals surface area (Å²) in [7, 11) is 1.78. The monoisotopic (exact) mass is 369 g/mol. The number of likely N-dealkylation sites (N-methyl/N-ethyl adjacent to an activating group) is 1. The van der Waals surface area contributed by atoms with Crippen LogP contribution in [0.25, 0.3) is 0 Å². The zero-order chi connectivity index (χ0) is 19.1. The van der Waals surface area contributed by atoms with Gasteiger partial charge in [-0.05, 0) is 55.7 Å². The Balaban J connectivity index is 1.45. The van der Waals surface area contributed by atoms with E-state index in [0.717, 1.165) is 36.5 Å². The number of benzene rings is 2. The lowest BCUT2D eigenvalue weighted by Gasteiger charge is -2.18. The van der Waals surface area contributed by atoms with Crippen LogP contribution in [0.2, 0.25) is 0 Å². The summed E-state index contributed by atoms with van der Waals surface area (Å²) in [4.78, 5) is 14.2. The van der Waals surface area contributed by atoms with Crippen LogP contribution in [0.4, 0.5) is 0 Å². The highest BCUT2D eigenvalue weighted by Gasteiger charge is 2.16. The molecule has 144 valence electrons. The number of aryl methyl sites for hydroxylation is 1. The summed E-state index contributed by atoms with van der Waals surface area (Å²) >= 11 is 0. The molecule has 1 aliphatic heterocycles. The van der Waals surface area contributed by atoms with Crippen molar-refractivity contribution >= 4 is 5.91 Å². The molecule has 0 N–H and O–H groups in total. The second-order valence-electron chi connectivity index (χ2n) is 6.81. The van der Waals surface area contributed by atoms with E-state index in [-0.39, 0.29) is 12.0 Å². The lowest BCUT2D eigenvalue weighted by Crippen LogP contribution is -2.30. The third-order valence-electron chi connectivity index (χ3n) is 4.69. The van der Waals surface area contributed by atoms with Gasteiger partial charge in [0.05, 0.1) is 12.6 Å². The lowest BCUT2D eigenvalue weighted by atomic mass is 10.2. The topological polar surface area (TPSA) is 48.0 Å². The van der Waals surface area contributed by atoms with Gasteiger partial charge in [0.1, 0.15) is 24.7 Å². The molecular formula is C22H27NO4. The molecule has 0 radical (unpaired) electrons. The molecule has 27 heavy (non-hydrogen) atoms. The van der Waals surface area contributed by atoms with E-state index in [1.54, 1.807) is 24.1 Å². The second-order valence-corrected chi connectivity index (χ2v) is 6.81. The number of para-hydroxylation sites is 1. The van der Waals surface area contributed by atoms with Crippen LogP contribution in [0.1, 0.15) is 28.8 Å². The number of carbonyl (C=O) groups excluding carboxylic acids is 1. The van der Waals surface area contributed by atoms with Crippen molar-refractivity contribution in [1.29, 1.82) is 0 Å². The maximum atomic E-state index is 12.5. The van der Waals surface area contributed by atoms with Crippen molar-refractivity contribution in [2.24, 2.45) is 0 Å². The first-order chi connectivity index (χ1) is 13.1. The average molecular weight is 369 g/mol. The van der Waals surface area contributed by atoms with Crippen LogP contribution in [0.15, 0.2) is 48.5 Å². The van der Waals surface area contributed by atoms with Crippen LogP contribution in [0.5, 0.6) is 11.5 Å². The lowest BCUT2D eigenvalue weighted by molar-refractivity contribution is 0.0679. The fourth-order valence-electron chi connectivity index (χ4n) is 2.99. The van der Waals surface area contributed by atoms with Crippen molar-refractivity contribution in [2.75, 3.05) is 33.4 Å². The molecule has 3 rings (SSSR count). The Morgan fingerprint density at radius 3 is 2.63 bits per heavy atom. The fourth-order valence-corrected chi connectivity index (χ4v) is 2.99. The minimum absolute atomic E-state index is 0.0333. The van der Waals surface area contributed by atoms with E-state index in [1.807, 2.05) is 43.3 Å². The summed E-state index contributed by atoms with van der Waals surface area (Å²) < 4.78 is 17.1. The first kappa shape index (κ1) is 19.2. The highest BCUT2D eigenvalue weighted by atomic mass is 16.5. The molecule has 1 atom stereocenters. The Bertz CT molecular complexity index is 738. The van der Waals surface area contributed by atoms with Gasteiger partial charge in [0, 0.05) is 19.2 Å². The van der Waals surface area contributed by atoms with Crippen LogP contribution >= 0.6 is 0 Å². The average Bonchev–Trinajstić information content (AvgIpc) is 3.21. The number of nitrogens with zero attached hydrogens (tertiary/aromatic N) is 1. The Labute approximate surface area is 160 Å². The molecule has 0 saturated carbocycles. The smallest absolute Gasteiger partial charge is 0.253 e. The quantitative estimate of drug-likeness (QED) is 0.712. The standard InChI is InChI=1S/C22H27NO4/c1-17-6-3-4-8-21(17)26-15-13-23(2)22(24)18-9-11-19(12-10-18)27-16-20-7-5-14-25-20/h3-4,6,8-12,20H,5,7,13-16H2,1-2H3/t20-/m0/s1. The van der Waals surface area contributed by atoms with Crippen LogP contribution < -0.4 is 9.47 Å². The molecule has 1 fully saturated rings. The minimum atomic E-state index is -0.0333. The van der Waals surface area contributed by atoms with Gasteiger partial charge in [0.15, 0.2) is 0 Å². The van der Waals surface area contributed by atoms with E-state index in [0.29, 0.717) is 25.3 Å². The van der Waals surface area contributed by atoms with Crippen LogP contribution in [-0.2, 0) is 4.74 Å². The Morgan fingerprint density at radius 1 is 1.15 bits per heavy atom. The fraction of sp³-hybridized carbons (Fsp3) is 0.409. The molecule has 0 unspecified atom stereocenters. The molecule has 0 bridgehead atoms. The van der Waals surface area contributed by atoms with Gasteiger partial charge in [-0.2, -0.15) is 0 Å². The van der Waals surface area contributed by atoms with Gasteiger partial charge in [0.25, 0.3) is 5.91 Å². The summed E-state index contributed by atoms with van der Waals surface area (Å²) in [6, 6.07) is 15.1. The SMILES string of the molecule is Cc1ccccc1OCCN(C)C(=O)c1ccc(OC[C@@H]2CCCO2)cc1. The van der Waals surface area contributed by atoms with Gasteiger partial charge in [-0.1, -0.05) is 18.2 Å². The number of carbonyl (C=O) groups is 1. The first-order valence-electron chi connectivity index (χ1n) is 9.42. The van der Waals surface area contributed by atoms with Gasteiger partial charge < -0.3 is 19.1 Å². The van der Waals surface area contributed by atoms with Crippen LogP contribution in [-0.4, -0.2) is 50.3 Å². The van der Waals surface area contributed by atoms with Crippen molar-refractivity contribution in [3.8, 4) is 11.5 Å². The van der Waals surface area contributed by atoms with Crippen molar-refractivity contribution in [1.82, 2.24) is 4.90 Å². The summed E-state index contributed by atoms with van der Waals surface area (Å²) in [5, 5.41) is 0.